The van der Waals surface area contributed by atoms with E-state index in [-0.39, 0.29) is 0 Å². The maximum atomic E-state index is 2.34. The van der Waals surface area contributed by atoms with Crippen LogP contribution in [0, 0.1) is 5.92 Å². The number of hydrogen-bond acceptors (Lipinski definition) is 0. The number of rotatable bonds is 4. The highest BCUT2D eigenvalue weighted by atomic mass is 14.2. The Labute approximate surface area is 133 Å². The predicted octanol–water partition coefficient (Wildman–Crippen LogP) is 6.03. The van der Waals surface area contributed by atoms with E-state index < -0.39 is 0 Å². The molecule has 0 aliphatic heterocycles. The highest BCUT2D eigenvalue weighted by molar-refractivity contribution is 5.86. The largest absolute Gasteiger partial charge is 0.0625 e. The molecule has 3 rings (SSSR count). The van der Waals surface area contributed by atoms with Gasteiger partial charge in [-0.1, -0.05) is 92.7 Å². The average molecular weight is 286 g/mol. The van der Waals surface area contributed by atoms with E-state index in [0.717, 1.165) is 6.42 Å². The lowest BCUT2D eigenvalue weighted by molar-refractivity contribution is 0.651. The fraction of sp³-hybridized carbons (Fsp3) is 0.182. The van der Waals surface area contributed by atoms with E-state index in [1.165, 1.54) is 27.8 Å². The van der Waals surface area contributed by atoms with Crippen LogP contribution in [0.15, 0.2) is 90.0 Å². The molecule has 110 valence electrons. The summed E-state index contributed by atoms with van der Waals surface area (Å²) in [4.78, 5) is 0. The van der Waals surface area contributed by atoms with Crippen molar-refractivity contribution >= 4 is 5.57 Å². The lowest BCUT2D eigenvalue weighted by Crippen LogP contribution is -1.91. The van der Waals surface area contributed by atoms with E-state index in [0.29, 0.717) is 5.92 Å². The van der Waals surface area contributed by atoms with Crippen LogP contribution in [0.5, 0.6) is 0 Å². The third-order valence-corrected chi connectivity index (χ3v) is 3.88. The Morgan fingerprint density at radius 1 is 0.773 bits per heavy atom. The van der Waals surface area contributed by atoms with Crippen LogP contribution in [0.2, 0.25) is 0 Å². The topological polar surface area (TPSA) is 0 Å². The molecule has 2 aromatic rings. The van der Waals surface area contributed by atoms with E-state index in [1.54, 1.807) is 0 Å². The first-order chi connectivity index (χ1) is 10.7. The van der Waals surface area contributed by atoms with E-state index >= 15 is 0 Å². The molecule has 0 radical (unpaired) electrons. The minimum Gasteiger partial charge on any atom is -0.0625 e. The van der Waals surface area contributed by atoms with Crippen LogP contribution in [-0.4, -0.2) is 0 Å². The first kappa shape index (κ1) is 14.6. The zero-order valence-electron chi connectivity index (χ0n) is 13.3. The second-order valence-corrected chi connectivity index (χ2v) is 6.21. The van der Waals surface area contributed by atoms with Gasteiger partial charge in [0.15, 0.2) is 0 Å². The van der Waals surface area contributed by atoms with Gasteiger partial charge in [0.05, 0.1) is 0 Å². The van der Waals surface area contributed by atoms with E-state index in [9.17, 15) is 0 Å². The SMILES string of the molecule is CC(C)CC1=CC(=C(c2ccccc2)c2ccccc2)C=C1. The molecule has 0 saturated heterocycles. The summed E-state index contributed by atoms with van der Waals surface area (Å²) in [7, 11) is 0. The van der Waals surface area contributed by atoms with Gasteiger partial charge in [-0.15, -0.1) is 0 Å². The van der Waals surface area contributed by atoms with Crippen LogP contribution in [0.4, 0.5) is 0 Å². The summed E-state index contributed by atoms with van der Waals surface area (Å²) in [5.41, 5.74) is 6.60. The molecule has 0 spiro atoms. The molecular weight excluding hydrogens is 264 g/mol. The minimum absolute atomic E-state index is 0.687. The molecule has 1 aliphatic carbocycles. The van der Waals surface area contributed by atoms with Crippen LogP contribution in [0.25, 0.3) is 5.57 Å². The van der Waals surface area contributed by atoms with E-state index in [4.69, 9.17) is 0 Å². The van der Waals surface area contributed by atoms with Gasteiger partial charge in [0, 0.05) is 0 Å². The molecule has 0 unspecified atom stereocenters. The fourth-order valence-electron chi connectivity index (χ4n) is 2.96. The zero-order chi connectivity index (χ0) is 15.4. The molecule has 0 atom stereocenters. The highest BCUT2D eigenvalue weighted by Gasteiger charge is 2.12. The summed E-state index contributed by atoms with van der Waals surface area (Å²) in [6, 6.07) is 21.3. The van der Waals surface area contributed by atoms with Gasteiger partial charge < -0.3 is 0 Å². The molecule has 2 aromatic carbocycles. The third kappa shape index (κ3) is 3.28. The van der Waals surface area contributed by atoms with Crippen molar-refractivity contribution in [2.45, 2.75) is 20.3 Å². The predicted molar refractivity (Wildman–Crippen MR) is 95.6 cm³/mol. The van der Waals surface area contributed by atoms with Gasteiger partial charge in [-0.05, 0) is 40.2 Å². The van der Waals surface area contributed by atoms with Crippen LogP contribution >= 0.6 is 0 Å². The molecular formula is C22H22. The van der Waals surface area contributed by atoms with Crippen LogP contribution in [0.3, 0.4) is 0 Å². The number of allylic oxidation sites excluding steroid dienone is 5. The Bertz CT molecular complexity index is 672. The van der Waals surface area contributed by atoms with Crippen LogP contribution in [-0.2, 0) is 0 Å². The molecule has 0 fully saturated rings. The van der Waals surface area contributed by atoms with Crippen molar-refractivity contribution in [3.63, 3.8) is 0 Å². The molecule has 0 bridgehead atoms. The Morgan fingerprint density at radius 3 is 1.82 bits per heavy atom. The Balaban J connectivity index is 2.10. The molecule has 0 saturated carbocycles. The quantitative estimate of drug-likeness (QED) is 0.643. The second kappa shape index (κ2) is 6.62. The normalized spacial score (nSPS) is 13.6. The van der Waals surface area contributed by atoms with Gasteiger partial charge in [0.25, 0.3) is 0 Å². The lowest BCUT2D eigenvalue weighted by Gasteiger charge is -2.11. The Hall–Kier alpha value is -2.34. The molecule has 0 aromatic heterocycles. The van der Waals surface area contributed by atoms with E-state index in [1.807, 2.05) is 0 Å². The van der Waals surface area contributed by atoms with Gasteiger partial charge >= 0.3 is 0 Å². The lowest BCUT2D eigenvalue weighted by atomic mass is 9.93. The Kier molecular flexibility index (Phi) is 4.39. The molecule has 0 amide bonds. The second-order valence-electron chi connectivity index (χ2n) is 6.21. The molecule has 0 N–H and O–H groups in total. The van der Waals surface area contributed by atoms with Crippen LogP contribution in [0.1, 0.15) is 31.4 Å². The van der Waals surface area contributed by atoms with Gasteiger partial charge in [-0.25, -0.2) is 0 Å². The van der Waals surface area contributed by atoms with Crippen molar-refractivity contribution in [1.29, 1.82) is 0 Å². The first-order valence-electron chi connectivity index (χ1n) is 7.98. The first-order valence-corrected chi connectivity index (χ1v) is 7.98. The Morgan fingerprint density at radius 2 is 1.32 bits per heavy atom. The summed E-state index contributed by atoms with van der Waals surface area (Å²) in [5, 5.41) is 0. The van der Waals surface area contributed by atoms with Crippen molar-refractivity contribution in [3.8, 4) is 0 Å². The van der Waals surface area contributed by atoms with Crippen molar-refractivity contribution < 1.29 is 0 Å². The van der Waals surface area contributed by atoms with Crippen molar-refractivity contribution in [1.82, 2.24) is 0 Å². The van der Waals surface area contributed by atoms with Crippen molar-refractivity contribution in [2.75, 3.05) is 0 Å². The van der Waals surface area contributed by atoms with E-state index in [2.05, 4.69) is 92.7 Å². The monoisotopic (exact) mass is 286 g/mol. The summed E-state index contributed by atoms with van der Waals surface area (Å²) in [6.07, 6.45) is 8.00. The van der Waals surface area contributed by atoms with Crippen molar-refractivity contribution in [3.05, 3.63) is 101 Å². The maximum absolute atomic E-state index is 2.34. The van der Waals surface area contributed by atoms with Gasteiger partial charge in [-0.2, -0.15) is 0 Å². The average Bonchev–Trinajstić information content (AvgIpc) is 2.97. The molecule has 1 aliphatic rings. The maximum Gasteiger partial charge on any atom is -0.00388 e. The van der Waals surface area contributed by atoms with Gasteiger partial charge in [0.1, 0.15) is 0 Å². The molecule has 22 heavy (non-hydrogen) atoms. The van der Waals surface area contributed by atoms with Gasteiger partial charge in [-0.3, -0.25) is 0 Å². The molecule has 0 heterocycles. The smallest absolute Gasteiger partial charge is 0.00388 e. The minimum atomic E-state index is 0.687. The summed E-state index contributed by atoms with van der Waals surface area (Å²) < 4.78 is 0. The fourth-order valence-corrected chi connectivity index (χ4v) is 2.96. The molecule has 0 heteroatoms. The highest BCUT2D eigenvalue weighted by Crippen LogP contribution is 2.32. The summed E-state index contributed by atoms with van der Waals surface area (Å²) >= 11 is 0. The van der Waals surface area contributed by atoms with Gasteiger partial charge in [0.2, 0.25) is 0 Å². The summed E-state index contributed by atoms with van der Waals surface area (Å²) in [5.74, 6) is 0.687. The summed E-state index contributed by atoms with van der Waals surface area (Å²) in [6.45, 7) is 4.54. The number of benzene rings is 2. The van der Waals surface area contributed by atoms with Crippen LogP contribution < -0.4 is 0 Å². The molecule has 0 nitrogen and oxygen atoms in total. The number of hydrogen-bond donors (Lipinski definition) is 0. The standard InChI is InChI=1S/C22H22/c1-17(2)15-18-13-14-21(16-18)22(19-9-5-3-6-10-19)20-11-7-4-8-12-20/h3-14,16-17H,15H2,1-2H3. The van der Waals surface area contributed by atoms with Crippen molar-refractivity contribution in [2.24, 2.45) is 5.92 Å². The third-order valence-electron chi connectivity index (χ3n) is 3.88. The zero-order valence-corrected chi connectivity index (χ0v) is 13.3.